The zero-order valence-electron chi connectivity index (χ0n) is 15.9. The van der Waals surface area contributed by atoms with Crippen molar-refractivity contribution in [3.8, 4) is 0 Å². The summed E-state index contributed by atoms with van der Waals surface area (Å²) in [7, 11) is 3.38. The maximum Gasteiger partial charge on any atom is 0.254 e. The van der Waals surface area contributed by atoms with Gasteiger partial charge in [0.05, 0.1) is 5.56 Å². The second-order valence-corrected chi connectivity index (χ2v) is 6.52. The Hall–Kier alpha value is -2.64. The highest BCUT2D eigenvalue weighted by Crippen LogP contribution is 2.20. The molecule has 7 nitrogen and oxygen atoms in total. The van der Waals surface area contributed by atoms with Crippen molar-refractivity contribution >= 4 is 17.8 Å². The molecule has 0 spiro atoms. The van der Waals surface area contributed by atoms with Gasteiger partial charge in [-0.1, -0.05) is 12.1 Å². The highest BCUT2D eigenvalue weighted by molar-refractivity contribution is 5.94. The number of hydrogen-bond donors (Lipinski definition) is 3. The third kappa shape index (κ3) is 6.23. The van der Waals surface area contributed by atoms with Gasteiger partial charge in [-0.15, -0.1) is 0 Å². The van der Waals surface area contributed by atoms with Gasteiger partial charge in [0.15, 0.2) is 5.96 Å². The van der Waals surface area contributed by atoms with E-state index >= 15 is 0 Å². The first-order valence-corrected chi connectivity index (χ1v) is 9.24. The molecular formula is C19H28FN5O2. The Morgan fingerprint density at radius 3 is 2.48 bits per heavy atom. The van der Waals surface area contributed by atoms with Gasteiger partial charge in [-0.05, 0) is 30.9 Å². The van der Waals surface area contributed by atoms with Crippen molar-refractivity contribution in [2.75, 3.05) is 40.3 Å². The van der Waals surface area contributed by atoms with Crippen molar-refractivity contribution < 1.29 is 14.0 Å². The normalized spacial score (nSPS) is 15.4. The van der Waals surface area contributed by atoms with Crippen LogP contribution in [0.3, 0.4) is 0 Å². The van der Waals surface area contributed by atoms with Gasteiger partial charge in [-0.2, -0.15) is 0 Å². The summed E-state index contributed by atoms with van der Waals surface area (Å²) in [6.07, 6.45) is 2.45. The van der Waals surface area contributed by atoms with Crippen LogP contribution in [0.2, 0.25) is 0 Å². The number of carbonyl (C=O) groups excluding carboxylic acids is 2. The minimum atomic E-state index is -0.529. The van der Waals surface area contributed by atoms with E-state index in [0.717, 1.165) is 31.9 Å². The maximum absolute atomic E-state index is 13.6. The molecule has 1 fully saturated rings. The molecule has 0 atom stereocenters. The number of likely N-dealkylation sites (tertiary alicyclic amines) is 1. The monoisotopic (exact) mass is 377 g/mol. The van der Waals surface area contributed by atoms with Crippen LogP contribution in [0.15, 0.2) is 29.3 Å². The Morgan fingerprint density at radius 1 is 1.19 bits per heavy atom. The van der Waals surface area contributed by atoms with Crippen molar-refractivity contribution in [1.82, 2.24) is 20.9 Å². The molecular weight excluding hydrogens is 349 g/mol. The van der Waals surface area contributed by atoms with Crippen LogP contribution in [-0.2, 0) is 4.79 Å². The molecule has 0 bridgehead atoms. The lowest BCUT2D eigenvalue weighted by molar-refractivity contribution is -0.121. The van der Waals surface area contributed by atoms with E-state index in [1.54, 1.807) is 26.2 Å². The molecule has 0 saturated carbocycles. The lowest BCUT2D eigenvalue weighted by Gasteiger charge is -2.34. The van der Waals surface area contributed by atoms with Crippen LogP contribution in [-0.4, -0.2) is 62.9 Å². The fourth-order valence-electron chi connectivity index (χ4n) is 3.14. The van der Waals surface area contributed by atoms with Crippen molar-refractivity contribution in [2.24, 2.45) is 10.9 Å². The van der Waals surface area contributed by atoms with Gasteiger partial charge in [0, 0.05) is 46.7 Å². The van der Waals surface area contributed by atoms with Gasteiger partial charge in [0.25, 0.3) is 5.91 Å². The van der Waals surface area contributed by atoms with Crippen LogP contribution in [0.1, 0.15) is 29.6 Å². The highest BCUT2D eigenvalue weighted by Gasteiger charge is 2.23. The molecule has 1 aliphatic rings. The number of carbonyl (C=O) groups is 2. The van der Waals surface area contributed by atoms with E-state index in [1.165, 1.54) is 12.1 Å². The summed E-state index contributed by atoms with van der Waals surface area (Å²) in [6.45, 7) is 2.52. The molecule has 2 amide bonds. The molecule has 1 aromatic rings. The van der Waals surface area contributed by atoms with Crippen LogP contribution in [0.5, 0.6) is 0 Å². The summed E-state index contributed by atoms with van der Waals surface area (Å²) in [4.78, 5) is 29.9. The number of halogens is 1. The number of piperidine rings is 1. The van der Waals surface area contributed by atoms with E-state index in [-0.39, 0.29) is 11.5 Å². The maximum atomic E-state index is 13.6. The lowest BCUT2D eigenvalue weighted by Crippen LogP contribution is -2.47. The Bertz CT molecular complexity index is 672. The second kappa shape index (κ2) is 10.5. The molecule has 0 radical (unpaired) electrons. The quantitative estimate of drug-likeness (QED) is 0.392. The summed E-state index contributed by atoms with van der Waals surface area (Å²) in [5, 5.41) is 8.58. The third-order valence-corrected chi connectivity index (χ3v) is 4.69. The minimum Gasteiger partial charge on any atom is -0.359 e. The SMILES string of the molecule is CN=C(NCCNC(=O)c1ccccc1F)N1CCC(CC(=O)NC)CC1. The Labute approximate surface area is 159 Å². The molecule has 148 valence electrons. The zero-order chi connectivity index (χ0) is 19.6. The standard InChI is InChI=1S/C19H28FN5O2/c1-21-17(26)13-14-7-11-25(12-8-14)19(22-2)24-10-9-23-18(27)15-5-3-4-6-16(15)20/h3-6,14H,7-13H2,1-2H3,(H,21,26)(H,22,24)(H,23,27). The average Bonchev–Trinajstić information content (AvgIpc) is 2.69. The van der Waals surface area contributed by atoms with Gasteiger partial charge in [0.1, 0.15) is 5.82 Å². The number of guanidine groups is 1. The van der Waals surface area contributed by atoms with E-state index in [0.29, 0.717) is 25.4 Å². The summed E-state index contributed by atoms with van der Waals surface area (Å²) in [6, 6.07) is 5.91. The van der Waals surface area contributed by atoms with Crippen molar-refractivity contribution in [1.29, 1.82) is 0 Å². The average molecular weight is 377 g/mol. The van der Waals surface area contributed by atoms with Gasteiger partial charge >= 0.3 is 0 Å². The predicted molar refractivity (Wildman–Crippen MR) is 103 cm³/mol. The first-order valence-electron chi connectivity index (χ1n) is 9.24. The van der Waals surface area contributed by atoms with Gasteiger partial charge in [0.2, 0.25) is 5.91 Å². The number of benzene rings is 1. The summed E-state index contributed by atoms with van der Waals surface area (Å²) in [5.41, 5.74) is 0.0417. The molecule has 27 heavy (non-hydrogen) atoms. The molecule has 1 aliphatic heterocycles. The first-order chi connectivity index (χ1) is 13.0. The topological polar surface area (TPSA) is 85.8 Å². The number of nitrogens with zero attached hydrogens (tertiary/aromatic N) is 2. The van der Waals surface area contributed by atoms with Gasteiger partial charge in [-0.3, -0.25) is 14.6 Å². The van der Waals surface area contributed by atoms with E-state index in [4.69, 9.17) is 0 Å². The van der Waals surface area contributed by atoms with Crippen LogP contribution >= 0.6 is 0 Å². The van der Waals surface area contributed by atoms with Crippen molar-refractivity contribution in [3.63, 3.8) is 0 Å². The molecule has 3 N–H and O–H groups in total. The van der Waals surface area contributed by atoms with E-state index in [1.807, 2.05) is 0 Å². The predicted octanol–water partition coefficient (Wildman–Crippen LogP) is 0.979. The minimum absolute atomic E-state index is 0.0417. The summed E-state index contributed by atoms with van der Waals surface area (Å²) >= 11 is 0. The largest absolute Gasteiger partial charge is 0.359 e. The molecule has 0 aliphatic carbocycles. The number of nitrogens with one attached hydrogen (secondary N) is 3. The van der Waals surface area contributed by atoms with Crippen LogP contribution in [0, 0.1) is 11.7 Å². The van der Waals surface area contributed by atoms with Gasteiger partial charge < -0.3 is 20.9 Å². The zero-order valence-corrected chi connectivity index (χ0v) is 15.9. The number of rotatable bonds is 6. The smallest absolute Gasteiger partial charge is 0.254 e. The number of hydrogen-bond acceptors (Lipinski definition) is 3. The van der Waals surface area contributed by atoms with Gasteiger partial charge in [-0.25, -0.2) is 4.39 Å². The van der Waals surface area contributed by atoms with Crippen molar-refractivity contribution in [3.05, 3.63) is 35.6 Å². The second-order valence-electron chi connectivity index (χ2n) is 6.52. The summed E-state index contributed by atoms with van der Waals surface area (Å²) in [5.74, 6) is 0.299. The van der Waals surface area contributed by atoms with E-state index in [2.05, 4.69) is 25.8 Å². The number of amides is 2. The Morgan fingerprint density at radius 2 is 1.85 bits per heavy atom. The lowest BCUT2D eigenvalue weighted by atomic mass is 9.93. The molecule has 2 rings (SSSR count). The summed E-state index contributed by atoms with van der Waals surface area (Å²) < 4.78 is 13.6. The first kappa shape index (κ1) is 20.7. The van der Waals surface area contributed by atoms with Crippen LogP contribution in [0.4, 0.5) is 4.39 Å². The molecule has 1 aromatic carbocycles. The fourth-order valence-corrected chi connectivity index (χ4v) is 3.14. The third-order valence-electron chi connectivity index (χ3n) is 4.69. The molecule has 1 heterocycles. The molecule has 1 saturated heterocycles. The van der Waals surface area contributed by atoms with Crippen LogP contribution in [0.25, 0.3) is 0 Å². The van der Waals surface area contributed by atoms with E-state index < -0.39 is 11.7 Å². The number of aliphatic imine (C=N–C) groups is 1. The highest BCUT2D eigenvalue weighted by atomic mass is 19.1. The van der Waals surface area contributed by atoms with Crippen molar-refractivity contribution in [2.45, 2.75) is 19.3 Å². The fraction of sp³-hybridized carbons (Fsp3) is 0.526. The van der Waals surface area contributed by atoms with Crippen LogP contribution < -0.4 is 16.0 Å². The molecule has 0 unspecified atom stereocenters. The molecule has 0 aromatic heterocycles. The Balaban J connectivity index is 1.71. The molecule has 8 heteroatoms. The Kier molecular flexibility index (Phi) is 8.03. The van der Waals surface area contributed by atoms with E-state index in [9.17, 15) is 14.0 Å².